The highest BCUT2D eigenvalue weighted by Gasteiger charge is 2.20. The summed E-state index contributed by atoms with van der Waals surface area (Å²) in [6.07, 6.45) is 2.77. The van der Waals surface area contributed by atoms with Crippen LogP contribution in [0.5, 0.6) is 0 Å². The van der Waals surface area contributed by atoms with Gasteiger partial charge in [-0.25, -0.2) is 9.48 Å². The topological polar surface area (TPSA) is 57.0 Å². The van der Waals surface area contributed by atoms with Crippen molar-refractivity contribution in [2.75, 3.05) is 18.1 Å². The van der Waals surface area contributed by atoms with Gasteiger partial charge in [-0.15, -0.1) is 5.10 Å². The lowest BCUT2D eigenvalue weighted by Crippen LogP contribution is -2.08. The molecule has 2 heterocycles. The summed E-state index contributed by atoms with van der Waals surface area (Å²) in [6, 6.07) is 0.380. The number of carbonyl (C=O) groups is 1. The molecular weight excluding hydrogens is 214 g/mol. The smallest absolute Gasteiger partial charge is 0.360 e. The number of rotatable bonds is 3. The standard InChI is InChI=1S/C9H13N3O2S/c1-2-14-9(13)8-5-12(11-10-8)7-3-4-15-6-7/h5,7H,2-4,6H2,1H3/t7-/m0/s1. The maximum atomic E-state index is 11.3. The van der Waals surface area contributed by atoms with E-state index in [1.807, 2.05) is 11.8 Å². The van der Waals surface area contributed by atoms with Crippen LogP contribution in [0.1, 0.15) is 29.9 Å². The Labute approximate surface area is 92.2 Å². The summed E-state index contributed by atoms with van der Waals surface area (Å²) in [5.74, 6) is 1.81. The molecule has 0 spiro atoms. The van der Waals surface area contributed by atoms with Gasteiger partial charge in [0.25, 0.3) is 0 Å². The van der Waals surface area contributed by atoms with E-state index in [9.17, 15) is 4.79 Å². The molecule has 0 amide bonds. The van der Waals surface area contributed by atoms with Crippen molar-refractivity contribution in [2.24, 2.45) is 0 Å². The monoisotopic (exact) mass is 227 g/mol. The molecule has 6 heteroatoms. The Hall–Kier alpha value is -1.04. The summed E-state index contributed by atoms with van der Waals surface area (Å²) < 4.78 is 6.61. The van der Waals surface area contributed by atoms with Crippen molar-refractivity contribution in [3.05, 3.63) is 11.9 Å². The molecule has 1 aliphatic rings. The van der Waals surface area contributed by atoms with E-state index in [1.165, 1.54) is 0 Å². The van der Waals surface area contributed by atoms with Crippen molar-refractivity contribution < 1.29 is 9.53 Å². The average molecular weight is 227 g/mol. The van der Waals surface area contributed by atoms with Crippen molar-refractivity contribution in [3.8, 4) is 0 Å². The fourth-order valence-corrected chi connectivity index (χ4v) is 2.68. The minimum Gasteiger partial charge on any atom is -0.461 e. The van der Waals surface area contributed by atoms with Crippen LogP contribution >= 0.6 is 11.8 Å². The maximum Gasteiger partial charge on any atom is 0.360 e. The first-order chi connectivity index (χ1) is 7.31. The number of hydrogen-bond acceptors (Lipinski definition) is 5. The van der Waals surface area contributed by atoms with E-state index in [0.717, 1.165) is 17.9 Å². The van der Waals surface area contributed by atoms with Crippen LogP contribution < -0.4 is 0 Å². The summed E-state index contributed by atoms with van der Waals surface area (Å²) in [7, 11) is 0. The number of hydrogen-bond donors (Lipinski definition) is 0. The van der Waals surface area contributed by atoms with E-state index < -0.39 is 5.97 Å². The van der Waals surface area contributed by atoms with Gasteiger partial charge in [-0.05, 0) is 19.1 Å². The van der Waals surface area contributed by atoms with Crippen molar-refractivity contribution in [1.82, 2.24) is 15.0 Å². The third kappa shape index (κ3) is 2.31. The Bertz CT molecular complexity index is 347. The molecule has 5 nitrogen and oxygen atoms in total. The fourth-order valence-electron chi connectivity index (χ4n) is 1.48. The number of esters is 1. The van der Waals surface area contributed by atoms with Crippen LogP contribution in [-0.2, 0) is 4.74 Å². The fraction of sp³-hybridized carbons (Fsp3) is 0.667. The predicted molar refractivity (Wildman–Crippen MR) is 57.0 cm³/mol. The Kier molecular flexibility index (Phi) is 3.25. The number of nitrogens with zero attached hydrogens (tertiary/aromatic N) is 3. The first-order valence-corrected chi connectivity index (χ1v) is 6.13. The zero-order chi connectivity index (χ0) is 10.7. The van der Waals surface area contributed by atoms with Gasteiger partial charge in [0.2, 0.25) is 0 Å². The molecule has 0 radical (unpaired) electrons. The second kappa shape index (κ2) is 4.65. The highest BCUT2D eigenvalue weighted by atomic mass is 32.2. The summed E-state index contributed by atoms with van der Waals surface area (Å²) >= 11 is 1.90. The van der Waals surface area contributed by atoms with Gasteiger partial charge in [0.05, 0.1) is 18.8 Å². The average Bonchev–Trinajstić information content (AvgIpc) is 2.89. The molecule has 1 aliphatic heterocycles. The third-order valence-electron chi connectivity index (χ3n) is 2.27. The predicted octanol–water partition coefficient (Wildman–Crippen LogP) is 1.13. The van der Waals surface area contributed by atoms with Gasteiger partial charge in [-0.3, -0.25) is 0 Å². The molecule has 1 atom stereocenters. The van der Waals surface area contributed by atoms with Gasteiger partial charge in [-0.2, -0.15) is 11.8 Å². The number of carbonyl (C=O) groups excluding carboxylic acids is 1. The summed E-state index contributed by atoms with van der Waals surface area (Å²) in [5.41, 5.74) is 0.300. The molecule has 0 unspecified atom stereocenters. The van der Waals surface area contributed by atoms with Crippen molar-refractivity contribution in [2.45, 2.75) is 19.4 Å². The van der Waals surface area contributed by atoms with Gasteiger partial charge in [0, 0.05) is 5.75 Å². The first kappa shape index (κ1) is 10.5. The second-order valence-electron chi connectivity index (χ2n) is 3.32. The minimum absolute atomic E-state index is 0.300. The lowest BCUT2D eigenvalue weighted by molar-refractivity contribution is 0.0519. The number of thioether (sulfide) groups is 1. The van der Waals surface area contributed by atoms with Gasteiger partial charge < -0.3 is 4.74 Å². The van der Waals surface area contributed by atoms with Crippen LogP contribution in [0.25, 0.3) is 0 Å². The zero-order valence-electron chi connectivity index (χ0n) is 8.55. The Balaban J connectivity index is 2.06. The van der Waals surface area contributed by atoms with Crippen molar-refractivity contribution >= 4 is 17.7 Å². The highest BCUT2D eigenvalue weighted by Crippen LogP contribution is 2.26. The van der Waals surface area contributed by atoms with Crippen LogP contribution in [0, 0.1) is 0 Å². The summed E-state index contributed by atoms with van der Waals surface area (Å²) in [6.45, 7) is 2.14. The minimum atomic E-state index is -0.394. The Morgan fingerprint density at radius 2 is 2.67 bits per heavy atom. The van der Waals surface area contributed by atoms with Gasteiger partial charge in [0.1, 0.15) is 0 Å². The lowest BCUT2D eigenvalue weighted by Gasteiger charge is -2.05. The van der Waals surface area contributed by atoms with E-state index in [-0.39, 0.29) is 0 Å². The third-order valence-corrected chi connectivity index (χ3v) is 3.42. The first-order valence-electron chi connectivity index (χ1n) is 4.98. The van der Waals surface area contributed by atoms with Crippen LogP contribution in [0.15, 0.2) is 6.20 Å². The molecule has 2 rings (SSSR count). The van der Waals surface area contributed by atoms with Crippen LogP contribution in [-0.4, -0.2) is 39.1 Å². The van der Waals surface area contributed by atoms with Crippen LogP contribution in [0.3, 0.4) is 0 Å². The molecule has 1 saturated heterocycles. The molecule has 0 N–H and O–H groups in total. The molecule has 82 valence electrons. The Morgan fingerprint density at radius 1 is 1.80 bits per heavy atom. The van der Waals surface area contributed by atoms with E-state index in [1.54, 1.807) is 17.8 Å². The SMILES string of the molecule is CCOC(=O)c1cn([C@H]2CCSC2)nn1. The number of ether oxygens (including phenoxy) is 1. The molecule has 0 aromatic carbocycles. The lowest BCUT2D eigenvalue weighted by atomic mass is 10.3. The van der Waals surface area contributed by atoms with E-state index in [0.29, 0.717) is 18.3 Å². The zero-order valence-corrected chi connectivity index (χ0v) is 9.37. The molecule has 15 heavy (non-hydrogen) atoms. The summed E-state index contributed by atoms with van der Waals surface area (Å²) in [5, 5.41) is 7.76. The molecular formula is C9H13N3O2S. The highest BCUT2D eigenvalue weighted by molar-refractivity contribution is 7.99. The molecule has 1 aromatic heterocycles. The van der Waals surface area contributed by atoms with Gasteiger partial charge in [-0.1, -0.05) is 5.21 Å². The van der Waals surface area contributed by atoms with E-state index >= 15 is 0 Å². The molecule has 0 saturated carbocycles. The normalized spacial score (nSPS) is 20.5. The van der Waals surface area contributed by atoms with Crippen molar-refractivity contribution in [1.29, 1.82) is 0 Å². The van der Waals surface area contributed by atoms with Crippen LogP contribution in [0.4, 0.5) is 0 Å². The second-order valence-corrected chi connectivity index (χ2v) is 4.47. The van der Waals surface area contributed by atoms with Gasteiger partial charge in [0.15, 0.2) is 5.69 Å². The quantitative estimate of drug-likeness (QED) is 0.724. The molecule has 1 aromatic rings. The van der Waals surface area contributed by atoms with Gasteiger partial charge >= 0.3 is 5.97 Å². The molecule has 0 bridgehead atoms. The van der Waals surface area contributed by atoms with Crippen molar-refractivity contribution in [3.63, 3.8) is 0 Å². The summed E-state index contributed by atoms with van der Waals surface area (Å²) in [4.78, 5) is 11.3. The van der Waals surface area contributed by atoms with E-state index in [4.69, 9.17) is 4.74 Å². The van der Waals surface area contributed by atoms with Crippen LogP contribution in [0.2, 0.25) is 0 Å². The van der Waals surface area contributed by atoms with E-state index in [2.05, 4.69) is 10.3 Å². The molecule has 0 aliphatic carbocycles. The molecule has 1 fully saturated rings. The number of aromatic nitrogens is 3. The Morgan fingerprint density at radius 3 is 3.33 bits per heavy atom. The largest absolute Gasteiger partial charge is 0.461 e. The maximum absolute atomic E-state index is 11.3.